The van der Waals surface area contributed by atoms with Gasteiger partial charge in [-0.15, -0.1) is 0 Å². The van der Waals surface area contributed by atoms with Crippen LogP contribution in [-0.4, -0.2) is 38.3 Å². The van der Waals surface area contributed by atoms with Crippen molar-refractivity contribution in [2.75, 3.05) is 6.61 Å². The summed E-state index contributed by atoms with van der Waals surface area (Å²) in [6.45, 7) is 4.60. The molecule has 4 rings (SSSR count). The van der Waals surface area contributed by atoms with Gasteiger partial charge in [0.15, 0.2) is 0 Å². The number of benzene rings is 1. The van der Waals surface area contributed by atoms with Crippen LogP contribution in [0.3, 0.4) is 0 Å². The number of aliphatic hydroxyl groups is 1. The van der Waals surface area contributed by atoms with E-state index >= 15 is 0 Å². The fraction of sp³-hybridized carbons (Fsp3) is 0.231. The van der Waals surface area contributed by atoms with Crippen molar-refractivity contribution >= 4 is 17.4 Å². The van der Waals surface area contributed by atoms with E-state index in [0.717, 1.165) is 12.0 Å². The molecule has 1 aromatic carbocycles. The van der Waals surface area contributed by atoms with E-state index in [0.29, 0.717) is 29.3 Å². The smallest absolute Gasteiger partial charge is 0.296 e. The minimum Gasteiger partial charge on any atom is -0.507 e. The van der Waals surface area contributed by atoms with Crippen LogP contribution < -0.4 is 4.74 Å². The lowest BCUT2D eigenvalue weighted by molar-refractivity contribution is -0.140. The van der Waals surface area contributed by atoms with Gasteiger partial charge in [-0.25, -0.2) is 0 Å². The Bertz CT molecular complexity index is 1190. The molecule has 1 atom stereocenters. The van der Waals surface area contributed by atoms with Crippen LogP contribution in [0.4, 0.5) is 0 Å². The normalized spacial score (nSPS) is 17.4. The molecule has 1 saturated heterocycles. The first-order valence-electron chi connectivity index (χ1n) is 10.8. The van der Waals surface area contributed by atoms with E-state index < -0.39 is 17.7 Å². The summed E-state index contributed by atoms with van der Waals surface area (Å²) in [7, 11) is 0. The van der Waals surface area contributed by atoms with Crippen LogP contribution in [0.1, 0.15) is 41.9 Å². The molecule has 0 radical (unpaired) electrons. The lowest BCUT2D eigenvalue weighted by Gasteiger charge is -2.24. The van der Waals surface area contributed by atoms with E-state index in [1.807, 2.05) is 19.9 Å². The molecule has 0 saturated carbocycles. The van der Waals surface area contributed by atoms with Gasteiger partial charge in [0.05, 0.1) is 30.1 Å². The quantitative estimate of drug-likeness (QED) is 0.334. The summed E-state index contributed by atoms with van der Waals surface area (Å²) in [6.07, 6.45) is 4.11. The third kappa shape index (κ3) is 4.48. The summed E-state index contributed by atoms with van der Waals surface area (Å²) >= 11 is 0. The van der Waals surface area contributed by atoms with Crippen LogP contribution >= 0.6 is 0 Å². The Morgan fingerprint density at radius 2 is 1.82 bits per heavy atom. The highest BCUT2D eigenvalue weighted by atomic mass is 16.5. The molecule has 3 heterocycles. The third-order valence-electron chi connectivity index (χ3n) is 5.48. The maximum Gasteiger partial charge on any atom is 0.296 e. The Balaban J connectivity index is 1.79. The number of pyridine rings is 2. The lowest BCUT2D eigenvalue weighted by atomic mass is 9.97. The number of aromatic nitrogens is 2. The fourth-order valence-electron chi connectivity index (χ4n) is 3.88. The number of hydrogen-bond donors (Lipinski definition) is 1. The molecule has 1 amide bonds. The number of carbonyl (C=O) groups excluding carboxylic acids is 2. The molecule has 1 unspecified atom stereocenters. The number of nitrogens with zero attached hydrogens (tertiary/aromatic N) is 3. The average molecular weight is 444 g/mol. The van der Waals surface area contributed by atoms with Crippen molar-refractivity contribution in [1.82, 2.24) is 14.9 Å². The van der Waals surface area contributed by atoms with Gasteiger partial charge >= 0.3 is 0 Å². The van der Waals surface area contributed by atoms with Gasteiger partial charge in [0.25, 0.3) is 11.7 Å². The highest BCUT2D eigenvalue weighted by molar-refractivity contribution is 6.46. The van der Waals surface area contributed by atoms with Gasteiger partial charge in [-0.3, -0.25) is 19.6 Å². The van der Waals surface area contributed by atoms with Gasteiger partial charge in [0.1, 0.15) is 17.6 Å². The zero-order chi connectivity index (χ0) is 23.4. The van der Waals surface area contributed by atoms with Crippen molar-refractivity contribution in [3.05, 3.63) is 95.1 Å². The van der Waals surface area contributed by atoms with Crippen molar-refractivity contribution in [3.8, 4) is 5.75 Å². The van der Waals surface area contributed by atoms with Gasteiger partial charge in [0, 0.05) is 18.0 Å². The predicted octanol–water partition coefficient (Wildman–Crippen LogP) is 4.20. The van der Waals surface area contributed by atoms with Crippen LogP contribution in [0, 0.1) is 6.92 Å². The topological polar surface area (TPSA) is 92.6 Å². The Morgan fingerprint density at radius 1 is 1.06 bits per heavy atom. The van der Waals surface area contributed by atoms with Crippen molar-refractivity contribution in [2.24, 2.45) is 0 Å². The second-order valence-corrected chi connectivity index (χ2v) is 7.83. The largest absolute Gasteiger partial charge is 0.507 e. The summed E-state index contributed by atoms with van der Waals surface area (Å²) in [4.78, 5) is 36.2. The Morgan fingerprint density at radius 3 is 2.45 bits per heavy atom. The Labute approximate surface area is 192 Å². The van der Waals surface area contributed by atoms with E-state index in [1.165, 1.54) is 4.90 Å². The molecule has 7 nitrogen and oxygen atoms in total. The van der Waals surface area contributed by atoms with Gasteiger partial charge < -0.3 is 14.7 Å². The Kier molecular flexibility index (Phi) is 6.49. The number of hydrogen-bond acceptors (Lipinski definition) is 6. The van der Waals surface area contributed by atoms with Gasteiger partial charge in [0.2, 0.25) is 0 Å². The minimum atomic E-state index is -0.829. The first-order chi connectivity index (χ1) is 16.0. The molecular formula is C26H25N3O4. The van der Waals surface area contributed by atoms with Crippen molar-refractivity contribution in [3.63, 3.8) is 0 Å². The first-order valence-corrected chi connectivity index (χ1v) is 10.8. The molecule has 0 spiro atoms. The zero-order valence-electron chi connectivity index (χ0n) is 18.6. The molecular weight excluding hydrogens is 418 g/mol. The number of likely N-dealkylation sites (tertiary alicyclic amines) is 1. The molecule has 0 bridgehead atoms. The molecule has 7 heteroatoms. The van der Waals surface area contributed by atoms with Crippen molar-refractivity contribution in [1.29, 1.82) is 0 Å². The summed E-state index contributed by atoms with van der Waals surface area (Å²) < 4.78 is 5.71. The predicted molar refractivity (Wildman–Crippen MR) is 123 cm³/mol. The zero-order valence-corrected chi connectivity index (χ0v) is 18.6. The number of amides is 1. The van der Waals surface area contributed by atoms with Crippen LogP contribution in [0.2, 0.25) is 0 Å². The average Bonchev–Trinajstić information content (AvgIpc) is 3.09. The number of Topliss-reactive ketones (excluding diaryl/α,β-unsaturated/α-hetero) is 1. The fourth-order valence-corrected chi connectivity index (χ4v) is 3.88. The van der Waals surface area contributed by atoms with Crippen LogP contribution in [0.15, 0.2) is 72.6 Å². The summed E-state index contributed by atoms with van der Waals surface area (Å²) in [5, 5.41) is 11.2. The number of aryl methyl sites for hydroxylation is 1. The highest BCUT2D eigenvalue weighted by Crippen LogP contribution is 2.39. The van der Waals surface area contributed by atoms with E-state index in [1.54, 1.807) is 60.9 Å². The Hall–Kier alpha value is -4.00. The SMILES string of the molecule is CCCOc1ccc(/C(O)=C2/C(=O)C(=O)N(Cc3ccccn3)C2c2ccccn2)cc1C. The number of ether oxygens (including phenoxy) is 1. The molecule has 1 aliphatic heterocycles. The first kappa shape index (κ1) is 22.2. The van der Waals surface area contributed by atoms with E-state index in [9.17, 15) is 14.7 Å². The second-order valence-electron chi connectivity index (χ2n) is 7.83. The van der Waals surface area contributed by atoms with Gasteiger partial charge in [-0.05, 0) is 61.4 Å². The van der Waals surface area contributed by atoms with Crippen molar-refractivity contribution < 1.29 is 19.4 Å². The third-order valence-corrected chi connectivity index (χ3v) is 5.48. The summed E-state index contributed by atoms with van der Waals surface area (Å²) in [6, 6.07) is 15.0. The lowest BCUT2D eigenvalue weighted by Crippen LogP contribution is -2.29. The minimum absolute atomic E-state index is 0.0104. The van der Waals surface area contributed by atoms with Gasteiger partial charge in [-0.2, -0.15) is 0 Å². The molecule has 2 aromatic heterocycles. The molecule has 1 fully saturated rings. The molecule has 168 valence electrons. The van der Waals surface area contributed by atoms with Crippen LogP contribution in [0.25, 0.3) is 5.76 Å². The maximum atomic E-state index is 13.1. The number of ketones is 1. The number of carbonyl (C=O) groups is 2. The van der Waals surface area contributed by atoms with E-state index in [-0.39, 0.29) is 17.9 Å². The standard InChI is InChI=1S/C26H25N3O4/c1-3-14-33-21-11-10-18(15-17(21)2)24(30)22-23(20-9-5-7-13-28-20)29(26(32)25(22)31)16-19-8-4-6-12-27-19/h4-13,15,23,30H,3,14,16H2,1-2H3/b24-22-. The van der Waals surface area contributed by atoms with Crippen LogP contribution in [-0.2, 0) is 16.1 Å². The molecule has 0 aliphatic carbocycles. The monoisotopic (exact) mass is 443 g/mol. The van der Waals surface area contributed by atoms with E-state index in [4.69, 9.17) is 4.74 Å². The number of aliphatic hydroxyl groups excluding tert-OH is 1. The number of rotatable bonds is 7. The van der Waals surface area contributed by atoms with E-state index in [2.05, 4.69) is 9.97 Å². The molecule has 1 aliphatic rings. The van der Waals surface area contributed by atoms with Crippen LogP contribution in [0.5, 0.6) is 5.75 Å². The van der Waals surface area contributed by atoms with Gasteiger partial charge in [-0.1, -0.05) is 19.1 Å². The molecule has 3 aromatic rings. The maximum absolute atomic E-state index is 13.1. The summed E-state index contributed by atoms with van der Waals surface area (Å²) in [5.41, 5.74) is 2.40. The highest BCUT2D eigenvalue weighted by Gasteiger charge is 2.46. The molecule has 33 heavy (non-hydrogen) atoms. The summed E-state index contributed by atoms with van der Waals surface area (Å²) in [5.74, 6) is -0.969. The second kappa shape index (κ2) is 9.65. The molecule has 1 N–H and O–H groups in total. The van der Waals surface area contributed by atoms with Crippen molar-refractivity contribution in [2.45, 2.75) is 32.9 Å².